The Kier molecular flexibility index (Phi) is 6.12. The van der Waals surface area contributed by atoms with Gasteiger partial charge in [0.2, 0.25) is 0 Å². The first kappa shape index (κ1) is 17.4. The molecule has 0 spiro atoms. The summed E-state index contributed by atoms with van der Waals surface area (Å²) in [6.45, 7) is 3.45. The number of carbonyl (C=O) groups excluding carboxylic acids is 1. The molecule has 0 bridgehead atoms. The first-order valence-corrected chi connectivity index (χ1v) is 8.17. The Bertz CT molecular complexity index is 688. The van der Waals surface area contributed by atoms with Crippen LogP contribution in [0.15, 0.2) is 41.0 Å². The highest BCUT2D eigenvalue weighted by atomic mass is 79.9. The number of rotatable bonds is 6. The average molecular weight is 377 g/mol. The molecule has 1 aromatic carbocycles. The van der Waals surface area contributed by atoms with Crippen molar-refractivity contribution >= 4 is 33.3 Å². The molecule has 1 amide bonds. The van der Waals surface area contributed by atoms with Crippen molar-refractivity contribution in [1.82, 2.24) is 15.2 Å². The molecule has 2 rings (SSSR count). The smallest absolute Gasteiger partial charge is 0.251 e. The topological polar surface area (TPSA) is 57.3 Å². The number of benzene rings is 1. The molecule has 0 aliphatic heterocycles. The Morgan fingerprint density at radius 2 is 2.04 bits per heavy atom. The number of aromatic nitrogens is 1. The fourth-order valence-corrected chi connectivity index (χ4v) is 2.33. The van der Waals surface area contributed by atoms with E-state index in [9.17, 15) is 4.79 Å². The zero-order valence-electron chi connectivity index (χ0n) is 13.6. The third-order valence-corrected chi connectivity index (χ3v) is 4.17. The summed E-state index contributed by atoms with van der Waals surface area (Å²) in [5.41, 5.74) is 2.67. The van der Waals surface area contributed by atoms with Gasteiger partial charge in [0, 0.05) is 35.0 Å². The van der Waals surface area contributed by atoms with E-state index in [1.165, 1.54) is 0 Å². The van der Waals surface area contributed by atoms with Gasteiger partial charge in [-0.25, -0.2) is 4.98 Å². The number of amides is 1. The lowest BCUT2D eigenvalue weighted by Gasteiger charge is -2.11. The number of aryl methyl sites for hydroxylation is 1. The van der Waals surface area contributed by atoms with Crippen LogP contribution in [0.5, 0.6) is 0 Å². The standard InChI is InChI=1S/C17H21BrN4O/c1-12-4-5-14(11-15(12)18)21-16-10-13(6-7-19-16)17(23)20-8-9-22(2)3/h4-7,10-11H,8-9H2,1-3H3,(H,19,21)(H,20,23). The van der Waals surface area contributed by atoms with Crippen LogP contribution < -0.4 is 10.6 Å². The minimum Gasteiger partial charge on any atom is -0.351 e. The molecule has 6 heteroatoms. The van der Waals surface area contributed by atoms with Gasteiger partial charge < -0.3 is 15.5 Å². The molecular formula is C17H21BrN4O. The lowest BCUT2D eigenvalue weighted by molar-refractivity contribution is 0.0951. The predicted octanol–water partition coefficient (Wildman–Crippen LogP) is 3.19. The fraction of sp³-hybridized carbons (Fsp3) is 0.294. The van der Waals surface area contributed by atoms with Crippen molar-refractivity contribution in [2.24, 2.45) is 0 Å². The van der Waals surface area contributed by atoms with Crippen LogP contribution in [0.2, 0.25) is 0 Å². The van der Waals surface area contributed by atoms with Crippen LogP contribution in [-0.2, 0) is 0 Å². The van der Waals surface area contributed by atoms with Gasteiger partial charge in [-0.2, -0.15) is 0 Å². The lowest BCUT2D eigenvalue weighted by atomic mass is 10.2. The number of halogens is 1. The molecule has 0 aliphatic carbocycles. The quantitative estimate of drug-likeness (QED) is 0.812. The second-order valence-corrected chi connectivity index (χ2v) is 6.43. The van der Waals surface area contributed by atoms with Crippen molar-refractivity contribution in [3.8, 4) is 0 Å². The molecule has 0 unspecified atom stereocenters. The molecule has 1 aromatic heterocycles. The molecule has 0 radical (unpaired) electrons. The third-order valence-electron chi connectivity index (χ3n) is 3.31. The summed E-state index contributed by atoms with van der Waals surface area (Å²) < 4.78 is 1.03. The van der Waals surface area contributed by atoms with Gasteiger partial charge in [0.25, 0.3) is 5.91 Å². The number of carbonyl (C=O) groups is 1. The molecule has 122 valence electrons. The fourth-order valence-electron chi connectivity index (χ4n) is 1.95. The molecule has 23 heavy (non-hydrogen) atoms. The molecule has 1 heterocycles. The Hall–Kier alpha value is -1.92. The number of nitrogens with zero attached hydrogens (tertiary/aromatic N) is 2. The summed E-state index contributed by atoms with van der Waals surface area (Å²) in [5, 5.41) is 6.11. The van der Waals surface area contributed by atoms with Crippen LogP contribution in [0.4, 0.5) is 11.5 Å². The minimum atomic E-state index is -0.0950. The van der Waals surface area contributed by atoms with Crippen molar-refractivity contribution in [2.75, 3.05) is 32.5 Å². The summed E-state index contributed by atoms with van der Waals surface area (Å²) in [6, 6.07) is 9.44. The van der Waals surface area contributed by atoms with Gasteiger partial charge in [-0.05, 0) is 50.8 Å². The van der Waals surface area contributed by atoms with Crippen LogP contribution in [0.25, 0.3) is 0 Å². The number of hydrogen-bond acceptors (Lipinski definition) is 4. The van der Waals surface area contributed by atoms with Crippen molar-refractivity contribution < 1.29 is 4.79 Å². The molecule has 0 saturated heterocycles. The zero-order chi connectivity index (χ0) is 16.8. The van der Waals surface area contributed by atoms with E-state index in [2.05, 4.69) is 31.5 Å². The number of anilines is 2. The molecule has 2 aromatic rings. The second kappa shape index (κ2) is 8.08. The first-order chi connectivity index (χ1) is 11.0. The predicted molar refractivity (Wildman–Crippen MR) is 97.3 cm³/mol. The summed E-state index contributed by atoms with van der Waals surface area (Å²) in [6.07, 6.45) is 1.63. The molecular weight excluding hydrogens is 356 g/mol. The highest BCUT2D eigenvalue weighted by molar-refractivity contribution is 9.10. The van der Waals surface area contributed by atoms with Crippen LogP contribution in [0.3, 0.4) is 0 Å². The SMILES string of the molecule is Cc1ccc(Nc2cc(C(=O)NCCN(C)C)ccn2)cc1Br. The van der Waals surface area contributed by atoms with E-state index in [-0.39, 0.29) is 5.91 Å². The van der Waals surface area contributed by atoms with Gasteiger partial charge in [-0.15, -0.1) is 0 Å². The number of hydrogen-bond donors (Lipinski definition) is 2. The highest BCUT2D eigenvalue weighted by Gasteiger charge is 2.07. The van der Waals surface area contributed by atoms with Gasteiger partial charge >= 0.3 is 0 Å². The van der Waals surface area contributed by atoms with E-state index in [4.69, 9.17) is 0 Å². The summed E-state index contributed by atoms with van der Waals surface area (Å²) in [5.74, 6) is 0.545. The second-order valence-electron chi connectivity index (χ2n) is 5.58. The van der Waals surface area contributed by atoms with E-state index in [0.717, 1.165) is 22.3 Å². The first-order valence-electron chi connectivity index (χ1n) is 7.38. The van der Waals surface area contributed by atoms with E-state index in [1.807, 2.05) is 44.1 Å². The maximum atomic E-state index is 12.1. The highest BCUT2D eigenvalue weighted by Crippen LogP contribution is 2.23. The minimum absolute atomic E-state index is 0.0950. The van der Waals surface area contributed by atoms with Gasteiger partial charge in [0.15, 0.2) is 0 Å². The summed E-state index contributed by atoms with van der Waals surface area (Å²) in [4.78, 5) is 18.4. The molecule has 5 nitrogen and oxygen atoms in total. The number of likely N-dealkylation sites (N-methyl/N-ethyl adjacent to an activating group) is 1. The van der Waals surface area contributed by atoms with E-state index in [0.29, 0.717) is 17.9 Å². The molecule has 0 saturated carbocycles. The van der Waals surface area contributed by atoms with Gasteiger partial charge in [0.05, 0.1) is 0 Å². The van der Waals surface area contributed by atoms with Crippen LogP contribution in [-0.4, -0.2) is 43.0 Å². The van der Waals surface area contributed by atoms with Gasteiger partial charge in [-0.3, -0.25) is 4.79 Å². The summed E-state index contributed by atoms with van der Waals surface area (Å²) in [7, 11) is 3.95. The maximum absolute atomic E-state index is 12.1. The van der Waals surface area contributed by atoms with E-state index >= 15 is 0 Å². The molecule has 2 N–H and O–H groups in total. The zero-order valence-corrected chi connectivity index (χ0v) is 15.1. The van der Waals surface area contributed by atoms with Crippen molar-refractivity contribution in [1.29, 1.82) is 0 Å². The lowest BCUT2D eigenvalue weighted by Crippen LogP contribution is -2.31. The Labute approximate surface area is 145 Å². The monoisotopic (exact) mass is 376 g/mol. The third kappa shape index (κ3) is 5.33. The summed E-state index contributed by atoms with van der Waals surface area (Å²) >= 11 is 3.51. The Balaban J connectivity index is 2.04. The molecule has 0 atom stereocenters. The van der Waals surface area contributed by atoms with Crippen molar-refractivity contribution in [3.05, 3.63) is 52.1 Å². The Morgan fingerprint density at radius 1 is 1.26 bits per heavy atom. The van der Waals surface area contributed by atoms with Gasteiger partial charge in [0.1, 0.15) is 5.82 Å². The van der Waals surface area contributed by atoms with Crippen LogP contribution in [0, 0.1) is 6.92 Å². The molecule has 0 fully saturated rings. The largest absolute Gasteiger partial charge is 0.351 e. The van der Waals surface area contributed by atoms with E-state index in [1.54, 1.807) is 18.3 Å². The molecule has 0 aliphatic rings. The number of pyridine rings is 1. The van der Waals surface area contributed by atoms with Crippen molar-refractivity contribution in [3.63, 3.8) is 0 Å². The normalized spacial score (nSPS) is 10.7. The van der Waals surface area contributed by atoms with Gasteiger partial charge in [-0.1, -0.05) is 22.0 Å². The van der Waals surface area contributed by atoms with Crippen LogP contribution >= 0.6 is 15.9 Å². The van der Waals surface area contributed by atoms with E-state index < -0.39 is 0 Å². The average Bonchev–Trinajstić information content (AvgIpc) is 2.51. The Morgan fingerprint density at radius 3 is 2.74 bits per heavy atom. The van der Waals surface area contributed by atoms with Crippen LogP contribution in [0.1, 0.15) is 15.9 Å². The number of nitrogens with one attached hydrogen (secondary N) is 2. The van der Waals surface area contributed by atoms with Crippen molar-refractivity contribution in [2.45, 2.75) is 6.92 Å². The maximum Gasteiger partial charge on any atom is 0.251 e.